The van der Waals surface area contributed by atoms with Gasteiger partial charge in [-0.2, -0.15) is 0 Å². The van der Waals surface area contributed by atoms with Crippen molar-refractivity contribution < 1.29 is 14.0 Å². The van der Waals surface area contributed by atoms with Gasteiger partial charge in [0.2, 0.25) is 11.8 Å². The Balaban J connectivity index is 1.89. The molecule has 0 aliphatic carbocycles. The molecule has 2 amide bonds. The third-order valence-electron chi connectivity index (χ3n) is 5.14. The second kappa shape index (κ2) is 12.6. The summed E-state index contributed by atoms with van der Waals surface area (Å²) in [5.41, 5.74) is 1.70. The third kappa shape index (κ3) is 7.89. The van der Waals surface area contributed by atoms with Crippen LogP contribution in [0, 0.1) is 5.82 Å². The summed E-state index contributed by atoms with van der Waals surface area (Å²) in [5, 5.41) is 3.59. The molecular weight excluding hydrogens is 471 g/mol. The predicted octanol–water partition coefficient (Wildman–Crippen LogP) is 5.74. The van der Waals surface area contributed by atoms with Crippen molar-refractivity contribution in [1.82, 2.24) is 10.2 Å². The Bertz CT molecular complexity index is 1080. The highest BCUT2D eigenvalue weighted by molar-refractivity contribution is 8.00. The number of rotatable bonds is 10. The van der Waals surface area contributed by atoms with Gasteiger partial charge in [-0.25, -0.2) is 4.39 Å². The smallest absolute Gasteiger partial charge is 0.243 e. The van der Waals surface area contributed by atoms with E-state index in [1.165, 1.54) is 23.9 Å². The lowest BCUT2D eigenvalue weighted by Crippen LogP contribution is -2.52. The minimum absolute atomic E-state index is 0.0722. The van der Waals surface area contributed by atoms with Crippen molar-refractivity contribution in [3.8, 4) is 0 Å². The molecule has 1 N–H and O–H groups in total. The number of carbonyl (C=O) groups is 2. The van der Waals surface area contributed by atoms with Gasteiger partial charge in [-0.05, 0) is 61.4 Å². The molecule has 0 radical (unpaired) electrons. The summed E-state index contributed by atoms with van der Waals surface area (Å²) >= 11 is 7.35. The van der Waals surface area contributed by atoms with E-state index in [2.05, 4.69) is 5.32 Å². The molecule has 1 atom stereocenters. The molecule has 3 aromatic rings. The zero-order chi connectivity index (χ0) is 24.5. The fraction of sp³-hybridized carbons (Fsp3) is 0.259. The molecule has 3 aromatic carbocycles. The van der Waals surface area contributed by atoms with Crippen LogP contribution in [0.2, 0.25) is 5.02 Å². The van der Waals surface area contributed by atoms with Crippen LogP contribution in [0.15, 0.2) is 83.8 Å². The molecule has 0 aromatic heterocycles. The SMILES string of the molecule is CC(C)NC(=O)[C@@H](Cc1ccccc1)N(Cc1ccc(F)cc1)C(=O)CSc1ccc(Cl)cc1. The highest BCUT2D eigenvalue weighted by Gasteiger charge is 2.30. The second-order valence-electron chi connectivity index (χ2n) is 8.26. The van der Waals surface area contributed by atoms with Gasteiger partial charge in [0, 0.05) is 28.9 Å². The minimum Gasteiger partial charge on any atom is -0.352 e. The van der Waals surface area contributed by atoms with E-state index >= 15 is 0 Å². The highest BCUT2D eigenvalue weighted by Crippen LogP contribution is 2.23. The molecule has 0 saturated heterocycles. The van der Waals surface area contributed by atoms with Crippen LogP contribution in [-0.2, 0) is 22.6 Å². The normalized spacial score (nSPS) is 11.8. The maximum Gasteiger partial charge on any atom is 0.243 e. The van der Waals surface area contributed by atoms with Gasteiger partial charge in [0.05, 0.1) is 5.75 Å². The number of halogens is 2. The standard InChI is InChI=1S/C27H28ClFN2O2S/c1-19(2)30-27(33)25(16-20-6-4-3-5-7-20)31(17-21-8-12-23(29)13-9-21)26(32)18-34-24-14-10-22(28)11-15-24/h3-15,19,25H,16-18H2,1-2H3,(H,30,33)/t25-/m1/s1. The van der Waals surface area contributed by atoms with Crippen LogP contribution in [0.4, 0.5) is 4.39 Å². The van der Waals surface area contributed by atoms with E-state index in [4.69, 9.17) is 11.6 Å². The average molecular weight is 499 g/mol. The van der Waals surface area contributed by atoms with Crippen molar-refractivity contribution in [3.63, 3.8) is 0 Å². The molecule has 0 saturated carbocycles. The van der Waals surface area contributed by atoms with Crippen molar-refractivity contribution in [3.05, 3.63) is 101 Å². The summed E-state index contributed by atoms with van der Waals surface area (Å²) in [6, 6.07) is 22.1. The molecule has 0 bridgehead atoms. The van der Waals surface area contributed by atoms with Crippen LogP contribution in [0.5, 0.6) is 0 Å². The summed E-state index contributed by atoms with van der Waals surface area (Å²) in [4.78, 5) is 29.3. The van der Waals surface area contributed by atoms with E-state index in [1.54, 1.807) is 29.2 Å². The molecule has 0 fully saturated rings. The van der Waals surface area contributed by atoms with Crippen LogP contribution in [0.25, 0.3) is 0 Å². The number of benzene rings is 3. The second-order valence-corrected chi connectivity index (χ2v) is 9.74. The monoisotopic (exact) mass is 498 g/mol. The van der Waals surface area contributed by atoms with E-state index < -0.39 is 6.04 Å². The van der Waals surface area contributed by atoms with Gasteiger partial charge in [0.1, 0.15) is 11.9 Å². The van der Waals surface area contributed by atoms with E-state index in [0.29, 0.717) is 11.4 Å². The van der Waals surface area contributed by atoms with E-state index in [9.17, 15) is 14.0 Å². The van der Waals surface area contributed by atoms with Gasteiger partial charge in [-0.1, -0.05) is 54.1 Å². The Morgan fingerprint density at radius 3 is 2.21 bits per heavy atom. The Morgan fingerprint density at radius 1 is 0.941 bits per heavy atom. The van der Waals surface area contributed by atoms with Crippen LogP contribution in [0.3, 0.4) is 0 Å². The fourth-order valence-electron chi connectivity index (χ4n) is 3.48. The fourth-order valence-corrected chi connectivity index (χ4v) is 4.39. The molecule has 0 aliphatic rings. The van der Waals surface area contributed by atoms with E-state index in [1.807, 2.05) is 56.3 Å². The summed E-state index contributed by atoms with van der Waals surface area (Å²) in [5.74, 6) is -0.587. The van der Waals surface area contributed by atoms with E-state index in [0.717, 1.165) is 16.0 Å². The maximum absolute atomic E-state index is 13.5. The lowest BCUT2D eigenvalue weighted by molar-refractivity contribution is -0.139. The molecular formula is C27H28ClFN2O2S. The summed E-state index contributed by atoms with van der Waals surface area (Å²) in [7, 11) is 0. The Kier molecular flexibility index (Phi) is 9.54. The molecule has 3 rings (SSSR count). The van der Waals surface area contributed by atoms with Gasteiger partial charge < -0.3 is 10.2 Å². The topological polar surface area (TPSA) is 49.4 Å². The zero-order valence-electron chi connectivity index (χ0n) is 19.2. The number of amides is 2. The first-order valence-corrected chi connectivity index (χ1v) is 12.4. The highest BCUT2D eigenvalue weighted by atomic mass is 35.5. The van der Waals surface area contributed by atoms with Crippen molar-refractivity contribution in [2.24, 2.45) is 0 Å². The lowest BCUT2D eigenvalue weighted by Gasteiger charge is -2.32. The molecule has 4 nitrogen and oxygen atoms in total. The van der Waals surface area contributed by atoms with Crippen LogP contribution < -0.4 is 5.32 Å². The molecule has 0 heterocycles. The number of nitrogens with one attached hydrogen (secondary N) is 1. The Labute approximate surface area is 209 Å². The molecule has 34 heavy (non-hydrogen) atoms. The predicted molar refractivity (Wildman–Crippen MR) is 136 cm³/mol. The zero-order valence-corrected chi connectivity index (χ0v) is 20.8. The largest absolute Gasteiger partial charge is 0.352 e. The Hall–Kier alpha value is -2.83. The third-order valence-corrected chi connectivity index (χ3v) is 6.39. The van der Waals surface area contributed by atoms with Crippen molar-refractivity contribution >= 4 is 35.2 Å². The van der Waals surface area contributed by atoms with Crippen molar-refractivity contribution in [2.75, 3.05) is 5.75 Å². The summed E-state index contributed by atoms with van der Waals surface area (Å²) < 4.78 is 13.5. The number of thioether (sulfide) groups is 1. The number of carbonyl (C=O) groups excluding carboxylic acids is 2. The molecule has 0 unspecified atom stereocenters. The Morgan fingerprint density at radius 2 is 1.59 bits per heavy atom. The number of hydrogen-bond acceptors (Lipinski definition) is 3. The molecule has 178 valence electrons. The molecule has 0 aliphatic heterocycles. The van der Waals surface area contributed by atoms with Gasteiger partial charge in [-0.15, -0.1) is 11.8 Å². The van der Waals surface area contributed by atoms with Gasteiger partial charge in [-0.3, -0.25) is 9.59 Å². The summed E-state index contributed by atoms with van der Waals surface area (Å²) in [6.45, 7) is 3.98. The first kappa shape index (κ1) is 25.8. The van der Waals surface area contributed by atoms with Crippen molar-refractivity contribution in [1.29, 1.82) is 0 Å². The quantitative estimate of drug-likeness (QED) is 0.363. The number of nitrogens with zero attached hydrogens (tertiary/aromatic N) is 1. The maximum atomic E-state index is 13.5. The lowest BCUT2D eigenvalue weighted by atomic mass is 10.0. The van der Waals surface area contributed by atoms with Gasteiger partial charge >= 0.3 is 0 Å². The van der Waals surface area contributed by atoms with Gasteiger partial charge in [0.25, 0.3) is 0 Å². The van der Waals surface area contributed by atoms with E-state index in [-0.39, 0.29) is 36.0 Å². The summed E-state index contributed by atoms with van der Waals surface area (Å²) in [6.07, 6.45) is 0.373. The average Bonchev–Trinajstić information content (AvgIpc) is 2.82. The molecule has 7 heteroatoms. The van der Waals surface area contributed by atoms with Gasteiger partial charge in [0.15, 0.2) is 0 Å². The van der Waals surface area contributed by atoms with Crippen molar-refractivity contribution in [2.45, 2.75) is 43.8 Å². The first-order chi connectivity index (χ1) is 16.3. The van der Waals surface area contributed by atoms with Crippen LogP contribution in [0.1, 0.15) is 25.0 Å². The van der Waals surface area contributed by atoms with Crippen LogP contribution in [-0.4, -0.2) is 34.6 Å². The first-order valence-electron chi connectivity index (χ1n) is 11.1. The number of hydrogen-bond donors (Lipinski definition) is 1. The van der Waals surface area contributed by atoms with Crippen LogP contribution >= 0.6 is 23.4 Å². The minimum atomic E-state index is -0.715. The molecule has 0 spiro atoms.